The van der Waals surface area contributed by atoms with Crippen molar-refractivity contribution in [3.63, 3.8) is 0 Å². The Labute approximate surface area is 98.0 Å². The average Bonchev–Trinajstić information content (AvgIpc) is 2.78. The lowest BCUT2D eigenvalue weighted by Gasteiger charge is -1.96. The Kier molecular flexibility index (Phi) is 2.18. The monoisotopic (exact) mass is 219 g/mol. The van der Waals surface area contributed by atoms with Crippen LogP contribution in [0.25, 0.3) is 11.1 Å². The molecule has 1 heterocycles. The molecular formula is C14H9N3. The Bertz CT molecular complexity index is 739. The maximum atomic E-state index is 9.04. The third-order valence-corrected chi connectivity index (χ3v) is 2.78. The van der Waals surface area contributed by atoms with Gasteiger partial charge in [-0.2, -0.15) is 0 Å². The molecule has 0 fully saturated rings. The molecule has 3 rings (SSSR count). The lowest BCUT2D eigenvalue weighted by atomic mass is 10.0. The molecule has 0 unspecified atom stereocenters. The smallest absolute Gasteiger partial charge is 0.409 e. The lowest BCUT2D eigenvalue weighted by molar-refractivity contribution is -0.00394. The summed E-state index contributed by atoms with van der Waals surface area (Å²) in [5.41, 5.74) is 10.9. The highest BCUT2D eigenvalue weighted by Crippen LogP contribution is 2.13. The van der Waals surface area contributed by atoms with Crippen LogP contribution in [0.3, 0.4) is 0 Å². The van der Waals surface area contributed by atoms with Crippen LogP contribution in [0.15, 0.2) is 59.6 Å². The van der Waals surface area contributed by atoms with Crippen LogP contribution in [-0.4, -0.2) is 10.6 Å². The van der Waals surface area contributed by atoms with Crippen LogP contribution in [0.2, 0.25) is 0 Å². The first-order chi connectivity index (χ1) is 8.40. The van der Waals surface area contributed by atoms with Gasteiger partial charge in [-0.1, -0.05) is 42.5 Å². The van der Waals surface area contributed by atoms with E-state index in [1.807, 2.05) is 54.6 Å². The summed E-state index contributed by atoms with van der Waals surface area (Å²) in [7, 11) is 0. The number of hydrogen-bond donors (Lipinski definition) is 0. The molecular weight excluding hydrogens is 210 g/mol. The fraction of sp³-hybridized carbons (Fsp3) is 0. The fourth-order valence-electron chi connectivity index (χ4n) is 2.03. The van der Waals surface area contributed by atoms with E-state index in [2.05, 4.69) is 9.78 Å². The summed E-state index contributed by atoms with van der Waals surface area (Å²) in [6, 6.07) is 17.6. The second-order valence-corrected chi connectivity index (χ2v) is 3.79. The van der Waals surface area contributed by atoms with Crippen molar-refractivity contribution in [1.29, 1.82) is 0 Å². The average molecular weight is 219 g/mol. The van der Waals surface area contributed by atoms with E-state index >= 15 is 0 Å². The molecule has 0 spiro atoms. The van der Waals surface area contributed by atoms with Crippen molar-refractivity contribution in [2.45, 2.75) is 0 Å². The SMILES string of the molecule is [N-]=[N+]=C1N=c2ccccc2=C1c1ccccc1. The van der Waals surface area contributed by atoms with Gasteiger partial charge in [-0.25, -0.2) is 0 Å². The normalized spacial score (nSPS) is 12.9. The third-order valence-electron chi connectivity index (χ3n) is 2.78. The predicted octanol–water partition coefficient (Wildman–Crippen LogP) is 1.15. The molecule has 0 amide bonds. The highest BCUT2D eigenvalue weighted by atomic mass is 15.0. The predicted molar refractivity (Wildman–Crippen MR) is 64.8 cm³/mol. The highest BCUT2D eigenvalue weighted by molar-refractivity contribution is 6.21. The molecule has 17 heavy (non-hydrogen) atoms. The minimum atomic E-state index is 0.373. The molecule has 3 heteroatoms. The standard InChI is InChI=1S/C14H9N3/c15-17-14-13(10-6-2-1-3-7-10)11-8-4-5-9-12(11)16-14/h1-9H. The summed E-state index contributed by atoms with van der Waals surface area (Å²) in [6.07, 6.45) is 0. The van der Waals surface area contributed by atoms with E-state index in [1.165, 1.54) is 0 Å². The Balaban J connectivity index is 2.43. The molecule has 0 radical (unpaired) electrons. The molecule has 1 aliphatic heterocycles. The minimum Gasteiger partial charge on any atom is -0.497 e. The molecule has 0 bridgehead atoms. The fourth-order valence-corrected chi connectivity index (χ4v) is 2.03. The Hall–Kier alpha value is -2.51. The maximum absolute atomic E-state index is 9.04. The van der Waals surface area contributed by atoms with Gasteiger partial charge in [0.15, 0.2) is 5.36 Å². The number of fused-ring (bicyclic) bond motifs is 1. The van der Waals surface area contributed by atoms with E-state index in [0.29, 0.717) is 5.84 Å². The van der Waals surface area contributed by atoms with Crippen molar-refractivity contribution in [3.05, 3.63) is 76.3 Å². The molecule has 2 aromatic carbocycles. The first-order valence-electron chi connectivity index (χ1n) is 5.36. The van der Waals surface area contributed by atoms with Crippen LogP contribution < -0.4 is 10.6 Å². The number of para-hydroxylation sites is 1. The molecule has 3 nitrogen and oxygen atoms in total. The summed E-state index contributed by atoms with van der Waals surface area (Å²) < 4.78 is 0. The minimum absolute atomic E-state index is 0.373. The first kappa shape index (κ1) is 9.70. The van der Waals surface area contributed by atoms with Crippen molar-refractivity contribution in [2.24, 2.45) is 4.99 Å². The van der Waals surface area contributed by atoms with Gasteiger partial charge >= 0.3 is 5.84 Å². The van der Waals surface area contributed by atoms with Gasteiger partial charge in [0, 0.05) is 5.22 Å². The summed E-state index contributed by atoms with van der Waals surface area (Å²) >= 11 is 0. The molecule has 80 valence electrons. The zero-order valence-corrected chi connectivity index (χ0v) is 9.04. The largest absolute Gasteiger partial charge is 0.497 e. The zero-order valence-electron chi connectivity index (χ0n) is 9.04. The van der Waals surface area contributed by atoms with Crippen LogP contribution in [0.4, 0.5) is 0 Å². The van der Waals surface area contributed by atoms with Gasteiger partial charge < -0.3 is 10.3 Å². The van der Waals surface area contributed by atoms with E-state index in [-0.39, 0.29) is 0 Å². The summed E-state index contributed by atoms with van der Waals surface area (Å²) in [5.74, 6) is 0.373. The maximum Gasteiger partial charge on any atom is 0.409 e. The number of nitrogens with zero attached hydrogens (tertiary/aromatic N) is 3. The van der Waals surface area contributed by atoms with E-state index in [9.17, 15) is 0 Å². The van der Waals surface area contributed by atoms with E-state index in [1.54, 1.807) is 0 Å². The molecule has 0 N–H and O–H groups in total. The van der Waals surface area contributed by atoms with Crippen molar-refractivity contribution < 1.29 is 4.79 Å². The molecule has 0 aromatic heterocycles. The molecule has 0 saturated heterocycles. The lowest BCUT2D eigenvalue weighted by Crippen LogP contribution is -2.22. The summed E-state index contributed by atoms with van der Waals surface area (Å²) in [5, 5.41) is 1.85. The highest BCUT2D eigenvalue weighted by Gasteiger charge is 2.24. The first-order valence-corrected chi connectivity index (χ1v) is 5.36. The van der Waals surface area contributed by atoms with Crippen molar-refractivity contribution in [3.8, 4) is 0 Å². The molecule has 0 atom stereocenters. The van der Waals surface area contributed by atoms with Crippen LogP contribution in [-0.2, 0) is 0 Å². The number of hydrogen-bond acceptors (Lipinski definition) is 0. The van der Waals surface area contributed by atoms with Crippen LogP contribution in [0.1, 0.15) is 5.56 Å². The van der Waals surface area contributed by atoms with Crippen molar-refractivity contribution in [1.82, 2.24) is 0 Å². The van der Waals surface area contributed by atoms with Gasteiger partial charge in [0.05, 0.1) is 0 Å². The quantitative estimate of drug-likeness (QED) is 0.510. The topological polar surface area (TPSA) is 48.8 Å². The van der Waals surface area contributed by atoms with E-state index in [0.717, 1.165) is 21.7 Å². The number of amidine groups is 1. The summed E-state index contributed by atoms with van der Waals surface area (Å²) in [4.78, 5) is 7.56. The third kappa shape index (κ3) is 1.50. The van der Waals surface area contributed by atoms with E-state index < -0.39 is 0 Å². The van der Waals surface area contributed by atoms with Gasteiger partial charge in [-0.3, -0.25) is 0 Å². The van der Waals surface area contributed by atoms with Crippen LogP contribution >= 0.6 is 0 Å². The van der Waals surface area contributed by atoms with Gasteiger partial charge in [-0.05, 0) is 22.7 Å². The second kappa shape index (κ2) is 3.81. The van der Waals surface area contributed by atoms with Gasteiger partial charge in [0.1, 0.15) is 5.57 Å². The Morgan fingerprint density at radius 2 is 1.59 bits per heavy atom. The van der Waals surface area contributed by atoms with Gasteiger partial charge in [-0.15, -0.1) is 0 Å². The molecule has 0 aliphatic carbocycles. The van der Waals surface area contributed by atoms with Crippen LogP contribution in [0.5, 0.6) is 0 Å². The van der Waals surface area contributed by atoms with Gasteiger partial charge in [0.25, 0.3) is 0 Å². The Morgan fingerprint density at radius 3 is 2.35 bits per heavy atom. The van der Waals surface area contributed by atoms with Gasteiger partial charge in [0.2, 0.25) is 0 Å². The number of rotatable bonds is 1. The second-order valence-electron chi connectivity index (χ2n) is 3.79. The van der Waals surface area contributed by atoms with E-state index in [4.69, 9.17) is 5.53 Å². The molecule has 2 aromatic rings. The molecule has 0 saturated carbocycles. The van der Waals surface area contributed by atoms with Crippen molar-refractivity contribution in [2.75, 3.05) is 0 Å². The Morgan fingerprint density at radius 1 is 0.882 bits per heavy atom. The van der Waals surface area contributed by atoms with Crippen molar-refractivity contribution >= 4 is 11.4 Å². The number of benzene rings is 2. The molecule has 1 aliphatic rings. The summed E-state index contributed by atoms with van der Waals surface area (Å²) in [6.45, 7) is 0. The zero-order chi connectivity index (χ0) is 11.7. The van der Waals surface area contributed by atoms with Crippen LogP contribution in [0, 0.1) is 0 Å².